The van der Waals surface area contributed by atoms with Crippen LogP contribution in [0, 0.1) is 17.8 Å². The van der Waals surface area contributed by atoms with Gasteiger partial charge in [0.2, 0.25) is 23.6 Å². The highest BCUT2D eigenvalue weighted by Crippen LogP contribution is 2.20. The number of rotatable bonds is 31. The predicted molar refractivity (Wildman–Crippen MR) is 278 cm³/mol. The SMILES string of the molecule is CC[C@H](C)[C@@H]1NC(=O)CCNC(=O)CSC[C@@H](C(=O)CC[C@@H](CCCN=C(N)N)CN[C@@H](Cc2ccc(O)cc2)C(N)=O)NCC(=O)[C@H](CCNC(=O)CCOCCOCCCC(=O)CSC)CCC1=O. The van der Waals surface area contributed by atoms with Crippen molar-refractivity contribution in [1.82, 2.24) is 26.6 Å². The monoisotopic (exact) mass is 1040 g/mol. The number of amides is 4. The molecule has 1 fully saturated rings. The summed E-state index contributed by atoms with van der Waals surface area (Å²) in [5.74, 6) is -2.36. The maximum atomic E-state index is 14.1. The van der Waals surface area contributed by atoms with Crippen molar-refractivity contribution in [2.75, 3.05) is 82.7 Å². The van der Waals surface area contributed by atoms with Crippen LogP contribution in [0.4, 0.5) is 0 Å². The molecule has 22 heteroatoms. The van der Waals surface area contributed by atoms with E-state index < -0.39 is 30.0 Å². The number of ketones is 4. The summed E-state index contributed by atoms with van der Waals surface area (Å²) in [7, 11) is 0. The molecule has 0 radical (unpaired) electrons. The Labute approximate surface area is 427 Å². The van der Waals surface area contributed by atoms with E-state index in [4.69, 9.17) is 26.7 Å². The van der Waals surface area contributed by atoms with Crippen LogP contribution < -0.4 is 43.8 Å². The van der Waals surface area contributed by atoms with Crippen LogP contribution in [-0.2, 0) is 54.3 Å². The number of primary amides is 1. The minimum atomic E-state index is -0.833. The molecule has 6 atom stereocenters. The molecule has 0 unspecified atom stereocenters. The first-order chi connectivity index (χ1) is 34.0. The van der Waals surface area contributed by atoms with Crippen LogP contribution in [0.15, 0.2) is 29.3 Å². The van der Waals surface area contributed by atoms with Gasteiger partial charge in [0.25, 0.3) is 0 Å². The van der Waals surface area contributed by atoms with Crippen LogP contribution in [-0.4, -0.2) is 159 Å². The average molecular weight is 1040 g/mol. The molecule has 1 heterocycles. The highest BCUT2D eigenvalue weighted by Gasteiger charge is 2.29. The van der Waals surface area contributed by atoms with Crippen molar-refractivity contribution in [2.45, 2.75) is 115 Å². The molecule has 0 spiro atoms. The summed E-state index contributed by atoms with van der Waals surface area (Å²) in [6, 6.07) is 4.12. The molecule has 71 heavy (non-hydrogen) atoms. The largest absolute Gasteiger partial charge is 0.508 e. The number of nitrogens with zero attached hydrogens (tertiary/aromatic N) is 1. The number of carbonyl (C=O) groups is 8. The Morgan fingerprint density at radius 1 is 0.930 bits per heavy atom. The summed E-state index contributed by atoms with van der Waals surface area (Å²) in [4.78, 5) is 109. The number of phenolic OH excluding ortho intramolecular Hbond substituents is 1. The third-order valence-electron chi connectivity index (χ3n) is 12.1. The Morgan fingerprint density at radius 2 is 1.66 bits per heavy atom. The maximum absolute atomic E-state index is 14.1. The van der Waals surface area contributed by atoms with Crippen molar-refractivity contribution in [3.63, 3.8) is 0 Å². The Balaban J connectivity index is 2.18. The minimum absolute atomic E-state index is 0.00912. The van der Waals surface area contributed by atoms with Crippen LogP contribution in [0.25, 0.3) is 0 Å². The van der Waals surface area contributed by atoms with E-state index in [0.717, 1.165) is 5.56 Å². The van der Waals surface area contributed by atoms with Crippen LogP contribution in [0.3, 0.4) is 0 Å². The molecule has 0 bridgehead atoms. The van der Waals surface area contributed by atoms with Gasteiger partial charge in [-0.15, -0.1) is 11.8 Å². The molecule has 12 N–H and O–H groups in total. The molecule has 1 aliphatic heterocycles. The number of aromatic hydroxyl groups is 1. The van der Waals surface area contributed by atoms with E-state index in [1.165, 1.54) is 35.7 Å². The van der Waals surface area contributed by atoms with Gasteiger partial charge in [-0.05, 0) is 87.3 Å². The number of ether oxygens (including phenoxy) is 2. The Kier molecular flexibility index (Phi) is 32.7. The van der Waals surface area contributed by atoms with Crippen molar-refractivity contribution in [2.24, 2.45) is 39.9 Å². The fourth-order valence-corrected chi connectivity index (χ4v) is 9.11. The number of Topliss-reactive ketones (excluding diaryl/α,β-unsaturated/α-hetero) is 4. The zero-order valence-electron chi connectivity index (χ0n) is 42.0. The van der Waals surface area contributed by atoms with Gasteiger partial charge in [0.05, 0.1) is 56.0 Å². The summed E-state index contributed by atoms with van der Waals surface area (Å²) < 4.78 is 11.1. The van der Waals surface area contributed by atoms with Gasteiger partial charge in [-0.2, -0.15) is 11.8 Å². The third-order valence-corrected chi connectivity index (χ3v) is 13.8. The number of nitrogens with two attached hydrogens (primary N) is 3. The molecule has 0 aromatic heterocycles. The molecule has 20 nitrogen and oxygen atoms in total. The van der Waals surface area contributed by atoms with E-state index in [0.29, 0.717) is 70.6 Å². The number of hydrogen-bond donors (Lipinski definition) is 9. The third kappa shape index (κ3) is 28.9. The molecule has 2 rings (SSSR count). The Bertz CT molecular complexity index is 1840. The second-order valence-corrected chi connectivity index (χ2v) is 19.8. The normalized spacial score (nSPS) is 19.0. The van der Waals surface area contributed by atoms with Gasteiger partial charge in [0, 0.05) is 70.0 Å². The number of carbonyl (C=O) groups excluding carboxylic acids is 8. The summed E-state index contributed by atoms with van der Waals surface area (Å²) in [5, 5.41) is 24.5. The number of aliphatic imine (C=N–C) groups is 1. The summed E-state index contributed by atoms with van der Waals surface area (Å²) in [6.45, 7) is 5.69. The second kappa shape index (κ2) is 37.2. The molecule has 400 valence electrons. The van der Waals surface area contributed by atoms with E-state index in [9.17, 15) is 43.5 Å². The average Bonchev–Trinajstić information content (AvgIpc) is 3.33. The lowest BCUT2D eigenvalue weighted by Crippen LogP contribution is -2.46. The Hall–Kier alpha value is -4.61. The lowest BCUT2D eigenvalue weighted by molar-refractivity contribution is -0.130. The fraction of sp³-hybridized carbons (Fsp3) is 0.694. The van der Waals surface area contributed by atoms with Gasteiger partial charge in [0.1, 0.15) is 17.3 Å². The molecule has 1 aromatic rings. The standard InChI is InChI=1S/C49H81N9O11S2/c1-4-33(2)47-42(62)16-12-36(17-21-53-44(64)19-24-69-26-25-68-23-6-8-38(60)30-70-3)43(63)29-57-40(31-71-32-46(66)54-22-18-45(65)58-47)41(61)15-11-35(7-5-20-55-49(51)52)28-56-39(48(50)67)27-34-9-13-37(59)14-10-34/h9-10,13-14,33,35-36,39-40,47,56-57,59H,4-8,11-12,15-32H2,1-3H3,(H2,50,67)(H,53,64)(H,54,66)(H,58,65)(H4,51,52,55)/t33-,35+,36-,39-,40-,47-/m0/s1. The van der Waals surface area contributed by atoms with Crippen molar-refractivity contribution >= 4 is 76.2 Å². The van der Waals surface area contributed by atoms with Crippen molar-refractivity contribution in [1.29, 1.82) is 0 Å². The second-order valence-electron chi connectivity index (χ2n) is 17.9. The quantitative estimate of drug-likeness (QED) is 0.0288. The highest BCUT2D eigenvalue weighted by atomic mass is 32.2. The smallest absolute Gasteiger partial charge is 0.234 e. The number of benzene rings is 1. The van der Waals surface area contributed by atoms with Crippen LogP contribution >= 0.6 is 23.5 Å². The van der Waals surface area contributed by atoms with E-state index >= 15 is 0 Å². The first kappa shape index (κ1) is 62.5. The predicted octanol–water partition coefficient (Wildman–Crippen LogP) is 1.32. The fourth-order valence-electron chi connectivity index (χ4n) is 7.70. The summed E-state index contributed by atoms with van der Waals surface area (Å²) in [5.41, 5.74) is 17.6. The van der Waals surface area contributed by atoms with Gasteiger partial charge in [-0.1, -0.05) is 32.4 Å². The zero-order chi connectivity index (χ0) is 52.4. The number of thioether (sulfide) groups is 2. The first-order valence-electron chi connectivity index (χ1n) is 24.8. The number of guanidine groups is 1. The minimum Gasteiger partial charge on any atom is -0.508 e. The van der Waals surface area contributed by atoms with Gasteiger partial charge in [-0.3, -0.25) is 48.7 Å². The molecule has 1 aromatic carbocycles. The molecule has 0 aliphatic carbocycles. The number of nitrogens with one attached hydrogen (secondary N) is 5. The van der Waals surface area contributed by atoms with E-state index in [1.54, 1.807) is 12.1 Å². The Morgan fingerprint density at radius 3 is 2.35 bits per heavy atom. The zero-order valence-corrected chi connectivity index (χ0v) is 43.6. The topological polar surface area (TPSA) is 326 Å². The molecule has 1 saturated heterocycles. The molecular weight excluding hydrogens is 955 g/mol. The van der Waals surface area contributed by atoms with Crippen LogP contribution in [0.1, 0.15) is 96.5 Å². The molecule has 4 amide bonds. The van der Waals surface area contributed by atoms with E-state index in [1.807, 2.05) is 20.1 Å². The summed E-state index contributed by atoms with van der Waals surface area (Å²) in [6.07, 6.45) is 5.98. The van der Waals surface area contributed by atoms with Crippen LogP contribution in [0.5, 0.6) is 5.75 Å². The van der Waals surface area contributed by atoms with Gasteiger partial charge in [0.15, 0.2) is 17.5 Å². The van der Waals surface area contributed by atoms with Crippen molar-refractivity contribution in [3.8, 4) is 5.75 Å². The van der Waals surface area contributed by atoms with Gasteiger partial charge < -0.3 is 53.0 Å². The molecule has 1 aliphatic rings. The molecule has 0 saturated carbocycles. The number of hydrogen-bond acceptors (Lipinski definition) is 16. The van der Waals surface area contributed by atoms with E-state index in [-0.39, 0.29) is 154 Å². The van der Waals surface area contributed by atoms with Gasteiger partial charge >= 0.3 is 0 Å². The number of phenols is 1. The van der Waals surface area contributed by atoms with Crippen molar-refractivity contribution < 1.29 is 52.9 Å². The lowest BCUT2D eigenvalue weighted by Gasteiger charge is -2.25. The highest BCUT2D eigenvalue weighted by molar-refractivity contribution is 8.00. The van der Waals surface area contributed by atoms with E-state index in [2.05, 4.69) is 31.6 Å². The lowest BCUT2D eigenvalue weighted by atomic mass is 9.88. The van der Waals surface area contributed by atoms with Gasteiger partial charge in [-0.25, -0.2) is 0 Å². The van der Waals surface area contributed by atoms with Crippen molar-refractivity contribution in [3.05, 3.63) is 29.8 Å². The summed E-state index contributed by atoms with van der Waals surface area (Å²) >= 11 is 2.71. The van der Waals surface area contributed by atoms with Crippen LogP contribution in [0.2, 0.25) is 0 Å². The molecular formula is C49H81N9O11S2. The first-order valence-corrected chi connectivity index (χ1v) is 27.3. The maximum Gasteiger partial charge on any atom is 0.234 e.